The van der Waals surface area contributed by atoms with Crippen LogP contribution < -0.4 is 0 Å². The van der Waals surface area contributed by atoms with Crippen LogP contribution in [0.2, 0.25) is 0 Å². The van der Waals surface area contributed by atoms with E-state index in [4.69, 9.17) is 9.97 Å². The molecule has 2 aliphatic rings. The number of benzene rings is 8. The summed E-state index contributed by atoms with van der Waals surface area (Å²) in [6.07, 6.45) is 0. The third-order valence-corrected chi connectivity index (χ3v) is 12.8. The van der Waals surface area contributed by atoms with Crippen LogP contribution in [0, 0.1) is 0 Å². The van der Waals surface area contributed by atoms with Gasteiger partial charge in [-0.05, 0) is 103 Å². The average Bonchev–Trinajstić information content (AvgIpc) is 3.67. The lowest BCUT2D eigenvalue weighted by molar-refractivity contribution is 0.661. The Morgan fingerprint density at radius 1 is 0.351 bits per heavy atom. The lowest BCUT2D eigenvalue weighted by atomic mass is 9.74. The second-order valence-electron chi connectivity index (χ2n) is 16.3. The molecule has 1 aromatic heterocycles. The van der Waals surface area contributed by atoms with Crippen LogP contribution in [0.15, 0.2) is 188 Å². The van der Waals surface area contributed by atoms with Crippen molar-refractivity contribution in [3.63, 3.8) is 0 Å². The third-order valence-electron chi connectivity index (χ3n) is 12.8. The van der Waals surface area contributed by atoms with Crippen LogP contribution in [0.1, 0.15) is 48.6 Å². The van der Waals surface area contributed by atoms with Crippen LogP contribution in [0.5, 0.6) is 0 Å². The highest BCUT2D eigenvalue weighted by atomic mass is 14.9. The van der Waals surface area contributed by atoms with Crippen molar-refractivity contribution in [2.75, 3.05) is 0 Å². The van der Waals surface area contributed by atoms with Crippen molar-refractivity contribution < 1.29 is 0 Å². The van der Waals surface area contributed by atoms with Crippen molar-refractivity contribution in [2.45, 2.75) is 31.6 Å². The van der Waals surface area contributed by atoms with Gasteiger partial charge in [0, 0.05) is 27.5 Å². The molecule has 1 heterocycles. The van der Waals surface area contributed by atoms with E-state index in [1.54, 1.807) is 0 Å². The van der Waals surface area contributed by atoms with Crippen molar-refractivity contribution in [2.24, 2.45) is 0 Å². The van der Waals surface area contributed by atoms with E-state index in [0.717, 1.165) is 28.1 Å². The Balaban J connectivity index is 1.10. The fraction of sp³-hybridized carbons (Fsp3) is 0.0909. The van der Waals surface area contributed by atoms with Crippen LogP contribution in [-0.2, 0) is 10.8 Å². The van der Waals surface area contributed by atoms with Crippen LogP contribution >= 0.6 is 0 Å². The average molecular weight is 729 g/mol. The molecular weight excluding hydrogens is 689 g/mol. The minimum atomic E-state index is -0.301. The molecule has 2 nitrogen and oxygen atoms in total. The maximum Gasteiger partial charge on any atom is 0.160 e. The molecule has 0 N–H and O–H groups in total. The second-order valence-corrected chi connectivity index (χ2v) is 16.3. The van der Waals surface area contributed by atoms with Gasteiger partial charge in [0.2, 0.25) is 0 Å². The number of nitrogens with zero attached hydrogens (tertiary/aromatic N) is 2. The van der Waals surface area contributed by atoms with Crippen LogP contribution in [0.25, 0.3) is 78.1 Å². The van der Waals surface area contributed by atoms with Gasteiger partial charge in [-0.1, -0.05) is 178 Å². The zero-order chi connectivity index (χ0) is 38.3. The molecule has 0 spiro atoms. The van der Waals surface area contributed by atoms with Gasteiger partial charge >= 0.3 is 0 Å². The molecular formula is C55H40N2. The summed E-state index contributed by atoms with van der Waals surface area (Å²) in [5.41, 5.74) is 18.8. The lowest BCUT2D eigenvalue weighted by Crippen LogP contribution is -2.22. The van der Waals surface area contributed by atoms with Crippen molar-refractivity contribution in [1.82, 2.24) is 9.97 Å². The molecule has 0 aliphatic heterocycles. The Bertz CT molecular complexity index is 3050. The van der Waals surface area contributed by atoms with Gasteiger partial charge in [-0.2, -0.15) is 0 Å². The van der Waals surface area contributed by atoms with Gasteiger partial charge in [0.15, 0.2) is 5.82 Å². The summed E-state index contributed by atoms with van der Waals surface area (Å²) >= 11 is 0. The third kappa shape index (κ3) is 5.03. The predicted octanol–water partition coefficient (Wildman–Crippen LogP) is 13.9. The van der Waals surface area contributed by atoms with Crippen molar-refractivity contribution >= 4 is 10.8 Å². The quantitative estimate of drug-likeness (QED) is 0.176. The van der Waals surface area contributed by atoms with Gasteiger partial charge in [-0.25, -0.2) is 9.97 Å². The van der Waals surface area contributed by atoms with E-state index in [1.165, 1.54) is 72.0 Å². The molecule has 0 amide bonds. The fourth-order valence-electron chi connectivity index (χ4n) is 9.85. The smallest absolute Gasteiger partial charge is 0.160 e. The van der Waals surface area contributed by atoms with Gasteiger partial charge in [-0.15, -0.1) is 0 Å². The summed E-state index contributed by atoms with van der Waals surface area (Å²) in [6.45, 7) is 7.09. The van der Waals surface area contributed by atoms with E-state index < -0.39 is 0 Å². The largest absolute Gasteiger partial charge is 0.228 e. The number of hydrogen-bond acceptors (Lipinski definition) is 2. The molecule has 57 heavy (non-hydrogen) atoms. The summed E-state index contributed by atoms with van der Waals surface area (Å²) in [7, 11) is 0. The van der Waals surface area contributed by atoms with E-state index in [-0.39, 0.29) is 10.8 Å². The van der Waals surface area contributed by atoms with Crippen molar-refractivity contribution in [1.29, 1.82) is 0 Å². The molecule has 270 valence electrons. The van der Waals surface area contributed by atoms with Crippen LogP contribution in [0.3, 0.4) is 0 Å². The minimum Gasteiger partial charge on any atom is -0.228 e. The zero-order valence-electron chi connectivity index (χ0n) is 32.3. The fourth-order valence-corrected chi connectivity index (χ4v) is 9.85. The van der Waals surface area contributed by atoms with E-state index >= 15 is 0 Å². The monoisotopic (exact) mass is 728 g/mol. The highest BCUT2D eigenvalue weighted by Gasteiger charge is 2.42. The first-order valence-corrected chi connectivity index (χ1v) is 19.9. The molecule has 9 aromatic rings. The molecule has 0 bridgehead atoms. The predicted molar refractivity (Wildman–Crippen MR) is 236 cm³/mol. The highest BCUT2D eigenvalue weighted by molar-refractivity contribution is 5.99. The number of hydrogen-bond donors (Lipinski definition) is 0. The Morgan fingerprint density at radius 2 is 0.912 bits per heavy atom. The zero-order valence-corrected chi connectivity index (χ0v) is 32.3. The molecule has 0 saturated carbocycles. The normalized spacial score (nSPS) is 15.8. The maximum atomic E-state index is 5.35. The standard InChI is InChI=1S/C55H40N2/c1-54(2)46-29-15-26-41(51(46)44-32-36-19-10-11-20-37(36)33-48(44)54)38-21-14-22-39(31-38)49-34-50(57-53(56-49)35-17-6-4-7-18-35)43-27-16-30-47-52(43)42-25-12-13-28-45(42)55(47,3)40-23-8-5-9-24-40/h4-34H,1-3H3. The summed E-state index contributed by atoms with van der Waals surface area (Å²) in [4.78, 5) is 10.7. The maximum absolute atomic E-state index is 5.35. The summed E-state index contributed by atoms with van der Waals surface area (Å²) in [5, 5.41) is 2.55. The molecule has 1 atom stereocenters. The van der Waals surface area contributed by atoms with E-state index in [9.17, 15) is 0 Å². The van der Waals surface area contributed by atoms with E-state index in [2.05, 4.69) is 203 Å². The SMILES string of the molecule is CC1(C)c2cc3ccccc3cc2-c2c(-c3cccc(-c4cc(-c5cccc6c5-c5ccccc5C6(C)c5ccccc5)nc(-c5ccccc5)n4)c3)cccc21. The molecule has 0 fully saturated rings. The number of aromatic nitrogens is 2. The first-order valence-electron chi connectivity index (χ1n) is 19.9. The van der Waals surface area contributed by atoms with Gasteiger partial charge in [0.05, 0.1) is 11.4 Å². The summed E-state index contributed by atoms with van der Waals surface area (Å²) < 4.78 is 0. The molecule has 0 saturated heterocycles. The van der Waals surface area contributed by atoms with E-state index in [1.807, 2.05) is 6.07 Å². The van der Waals surface area contributed by atoms with Gasteiger partial charge in [0.1, 0.15) is 0 Å². The molecule has 0 radical (unpaired) electrons. The molecule has 8 aromatic carbocycles. The number of fused-ring (bicyclic) bond motifs is 7. The lowest BCUT2D eigenvalue weighted by Gasteiger charge is -2.28. The Hall–Kier alpha value is -6.90. The van der Waals surface area contributed by atoms with Gasteiger partial charge < -0.3 is 0 Å². The minimum absolute atomic E-state index is 0.111. The Kier molecular flexibility index (Phi) is 7.37. The number of rotatable bonds is 5. The van der Waals surface area contributed by atoms with Crippen molar-refractivity contribution in [3.8, 4) is 67.3 Å². The summed E-state index contributed by atoms with van der Waals surface area (Å²) in [5.74, 6) is 0.714. The van der Waals surface area contributed by atoms with Crippen molar-refractivity contribution in [3.05, 3.63) is 216 Å². The first-order chi connectivity index (χ1) is 27.9. The topological polar surface area (TPSA) is 25.8 Å². The van der Waals surface area contributed by atoms with E-state index in [0.29, 0.717) is 5.82 Å². The molecule has 2 aliphatic carbocycles. The Morgan fingerprint density at radius 3 is 1.72 bits per heavy atom. The second kappa shape index (κ2) is 12.6. The van der Waals surface area contributed by atoms with Crippen LogP contribution in [-0.4, -0.2) is 9.97 Å². The van der Waals surface area contributed by atoms with Gasteiger partial charge in [0.25, 0.3) is 0 Å². The Labute approximate surface area is 334 Å². The molecule has 2 heteroatoms. The van der Waals surface area contributed by atoms with Gasteiger partial charge in [-0.3, -0.25) is 0 Å². The first kappa shape index (κ1) is 33.4. The molecule has 11 rings (SSSR count). The summed E-state index contributed by atoms with van der Waals surface area (Å²) in [6, 6.07) is 68.4. The van der Waals surface area contributed by atoms with Crippen LogP contribution in [0.4, 0.5) is 0 Å². The highest BCUT2D eigenvalue weighted by Crippen LogP contribution is 2.56. The molecule has 1 unspecified atom stereocenters.